The summed E-state index contributed by atoms with van der Waals surface area (Å²) in [7, 11) is 0. The zero-order valence-electron chi connectivity index (χ0n) is 29.7. The molecule has 0 bridgehead atoms. The van der Waals surface area contributed by atoms with Crippen molar-refractivity contribution in [3.8, 4) is 23.5 Å². The maximum Gasteiger partial charge on any atom is 0.101 e. The molecule has 7 aromatic carbocycles. The van der Waals surface area contributed by atoms with Crippen molar-refractivity contribution < 1.29 is 0 Å². The lowest BCUT2D eigenvalue weighted by molar-refractivity contribution is 1.12. The Morgan fingerprint density at radius 3 is 1.19 bits per heavy atom. The smallest absolute Gasteiger partial charge is 0.101 e. The molecule has 0 radical (unpaired) electrons. The SMILES string of the molecule is Cc1cccc(C)c1-n1c2ccccc2c2c3c4cccc5c6c7c8ccccc8n(-c8c(C)cccc8C)c7c(C#N)cc6n(c3cc(C#N)c21)c45. The summed E-state index contributed by atoms with van der Waals surface area (Å²) in [6, 6.07) is 45.9. The van der Waals surface area contributed by atoms with Crippen LogP contribution in [-0.2, 0) is 0 Å². The highest BCUT2D eigenvalue weighted by Crippen LogP contribution is 2.49. The molecule has 0 unspecified atom stereocenters. The lowest BCUT2D eigenvalue weighted by Gasteiger charge is -2.15. The van der Waals surface area contributed by atoms with Gasteiger partial charge in [-0.25, -0.2) is 0 Å². The maximum atomic E-state index is 11.0. The molecule has 0 amide bonds. The van der Waals surface area contributed by atoms with Crippen LogP contribution in [0.25, 0.3) is 93.1 Å². The number of fused-ring (bicyclic) bond motifs is 14. The molecule has 4 aromatic heterocycles. The molecule has 0 aliphatic rings. The van der Waals surface area contributed by atoms with E-state index in [2.05, 4.69) is 169 Å². The van der Waals surface area contributed by atoms with Gasteiger partial charge in [0.2, 0.25) is 0 Å². The molecule has 0 saturated carbocycles. The highest BCUT2D eigenvalue weighted by molar-refractivity contribution is 6.37. The summed E-state index contributed by atoms with van der Waals surface area (Å²) in [5.74, 6) is 0. The Bertz CT molecular complexity index is 3250. The van der Waals surface area contributed by atoms with E-state index in [0.29, 0.717) is 11.1 Å². The predicted molar refractivity (Wildman–Crippen MR) is 218 cm³/mol. The number of hydrogen-bond donors (Lipinski definition) is 0. The van der Waals surface area contributed by atoms with Crippen LogP contribution in [0, 0.1) is 50.4 Å². The second-order valence-electron chi connectivity index (χ2n) is 14.5. The number of hydrogen-bond acceptors (Lipinski definition) is 2. The molecule has 0 spiro atoms. The minimum absolute atomic E-state index is 0.619. The Labute approximate surface area is 304 Å². The average molecular weight is 678 g/mol. The number of para-hydroxylation sites is 5. The lowest BCUT2D eigenvalue weighted by Crippen LogP contribution is -2.01. The molecule has 11 rings (SSSR count). The highest BCUT2D eigenvalue weighted by Gasteiger charge is 2.28. The normalized spacial score (nSPS) is 12.1. The Morgan fingerprint density at radius 1 is 0.396 bits per heavy atom. The van der Waals surface area contributed by atoms with Gasteiger partial charge < -0.3 is 13.5 Å². The van der Waals surface area contributed by atoms with Crippen LogP contribution in [0.3, 0.4) is 0 Å². The third kappa shape index (κ3) is 3.54. The number of rotatable bonds is 2. The Morgan fingerprint density at radius 2 is 0.774 bits per heavy atom. The van der Waals surface area contributed by atoms with Crippen LogP contribution in [0.2, 0.25) is 0 Å². The molecular weight excluding hydrogens is 647 g/mol. The Balaban J connectivity index is 1.40. The molecule has 0 N–H and O–H groups in total. The fourth-order valence-electron chi connectivity index (χ4n) is 9.71. The molecule has 53 heavy (non-hydrogen) atoms. The van der Waals surface area contributed by atoms with Crippen molar-refractivity contribution in [3.05, 3.63) is 149 Å². The van der Waals surface area contributed by atoms with Crippen molar-refractivity contribution in [2.75, 3.05) is 0 Å². The summed E-state index contributed by atoms with van der Waals surface area (Å²) < 4.78 is 6.94. The van der Waals surface area contributed by atoms with Crippen LogP contribution in [-0.4, -0.2) is 13.5 Å². The van der Waals surface area contributed by atoms with Gasteiger partial charge in [-0.05, 0) is 74.2 Å². The van der Waals surface area contributed by atoms with Gasteiger partial charge in [-0.3, -0.25) is 0 Å². The second-order valence-corrected chi connectivity index (χ2v) is 14.5. The molecule has 11 aromatic rings. The molecule has 0 fully saturated rings. The maximum absolute atomic E-state index is 11.0. The van der Waals surface area contributed by atoms with Crippen LogP contribution in [0.4, 0.5) is 0 Å². The number of aryl methyl sites for hydroxylation is 4. The summed E-state index contributed by atoms with van der Waals surface area (Å²) >= 11 is 0. The minimum Gasteiger partial charge on any atom is -0.308 e. The quantitative estimate of drug-likeness (QED) is 0.183. The van der Waals surface area contributed by atoms with E-state index in [0.717, 1.165) is 115 Å². The van der Waals surface area contributed by atoms with Crippen LogP contribution in [0.1, 0.15) is 33.4 Å². The van der Waals surface area contributed by atoms with Crippen LogP contribution in [0.5, 0.6) is 0 Å². The number of nitrogens with zero attached hydrogens (tertiary/aromatic N) is 5. The second kappa shape index (κ2) is 10.3. The van der Waals surface area contributed by atoms with Gasteiger partial charge >= 0.3 is 0 Å². The predicted octanol–water partition coefficient (Wildman–Crippen LogP) is 12.0. The summed E-state index contributed by atoms with van der Waals surface area (Å²) in [5, 5.41) is 30.8. The van der Waals surface area contributed by atoms with E-state index in [1.54, 1.807) is 0 Å². The van der Waals surface area contributed by atoms with Gasteiger partial charge in [0.1, 0.15) is 12.1 Å². The molecule has 0 aliphatic heterocycles. The number of benzene rings is 7. The van der Waals surface area contributed by atoms with Crippen LogP contribution < -0.4 is 0 Å². The number of aromatic nitrogens is 3. The summed E-state index contributed by atoms with van der Waals surface area (Å²) in [5.41, 5.74) is 15.1. The standard InChI is InChI=1S/C48H31N5/c1-26-12-9-13-27(2)44(26)52-36-20-7-5-16-32(36)42-40-34-18-11-19-35-41-39(51(48(34)35)38(40)22-30(24-49)46(42)52)23-31(25-50)47-43(41)33-17-6-8-21-37(33)53(47)45-28(3)14-10-15-29(45)4/h5-23H,1-4H3. The van der Waals surface area contributed by atoms with Crippen molar-refractivity contribution in [3.63, 3.8) is 0 Å². The largest absolute Gasteiger partial charge is 0.308 e. The third-order valence-corrected chi connectivity index (χ3v) is 11.7. The Kier molecular flexibility index (Phi) is 5.73. The fourth-order valence-corrected chi connectivity index (χ4v) is 9.71. The van der Waals surface area contributed by atoms with Gasteiger partial charge in [-0.2, -0.15) is 10.5 Å². The molecule has 5 heteroatoms. The molecule has 0 atom stereocenters. The molecule has 0 aliphatic carbocycles. The highest BCUT2D eigenvalue weighted by atomic mass is 15.0. The van der Waals surface area contributed by atoms with E-state index < -0.39 is 0 Å². The molecule has 4 heterocycles. The van der Waals surface area contributed by atoms with E-state index >= 15 is 0 Å². The van der Waals surface area contributed by atoms with Crippen molar-refractivity contribution in [1.82, 2.24) is 13.5 Å². The topological polar surface area (TPSA) is 61.9 Å². The van der Waals surface area contributed by atoms with Gasteiger partial charge in [-0.15, -0.1) is 0 Å². The molecular formula is C48H31N5. The van der Waals surface area contributed by atoms with E-state index in [9.17, 15) is 10.5 Å². The van der Waals surface area contributed by atoms with Crippen molar-refractivity contribution in [2.45, 2.75) is 27.7 Å². The monoisotopic (exact) mass is 677 g/mol. The van der Waals surface area contributed by atoms with E-state index in [1.807, 2.05) is 0 Å². The molecule has 0 saturated heterocycles. The first-order chi connectivity index (χ1) is 25.9. The van der Waals surface area contributed by atoms with Crippen molar-refractivity contribution in [2.24, 2.45) is 0 Å². The van der Waals surface area contributed by atoms with E-state index in [1.165, 1.54) is 0 Å². The zero-order chi connectivity index (χ0) is 35.9. The van der Waals surface area contributed by atoms with E-state index in [4.69, 9.17) is 0 Å². The first kappa shape index (κ1) is 29.6. The van der Waals surface area contributed by atoms with Crippen molar-refractivity contribution in [1.29, 1.82) is 10.5 Å². The minimum atomic E-state index is 0.619. The zero-order valence-corrected chi connectivity index (χ0v) is 29.7. The molecule has 5 nitrogen and oxygen atoms in total. The summed E-state index contributed by atoms with van der Waals surface area (Å²) in [6.45, 7) is 8.58. The van der Waals surface area contributed by atoms with Gasteiger partial charge in [0.25, 0.3) is 0 Å². The third-order valence-electron chi connectivity index (χ3n) is 11.7. The lowest BCUT2D eigenvalue weighted by atomic mass is 9.99. The number of nitriles is 2. The Hall–Kier alpha value is -7.08. The fraction of sp³-hybridized carbons (Fsp3) is 0.0833. The van der Waals surface area contributed by atoms with Gasteiger partial charge in [0, 0.05) is 43.1 Å². The summed E-state index contributed by atoms with van der Waals surface area (Å²) in [4.78, 5) is 0. The van der Waals surface area contributed by atoms with Crippen LogP contribution >= 0.6 is 0 Å². The first-order valence-electron chi connectivity index (χ1n) is 18.0. The van der Waals surface area contributed by atoms with E-state index in [-0.39, 0.29) is 0 Å². The average Bonchev–Trinajstić information content (AvgIpc) is 3.89. The van der Waals surface area contributed by atoms with Crippen LogP contribution in [0.15, 0.2) is 115 Å². The summed E-state index contributed by atoms with van der Waals surface area (Å²) in [6.07, 6.45) is 0. The first-order valence-corrected chi connectivity index (χ1v) is 18.0. The van der Waals surface area contributed by atoms with Gasteiger partial charge in [0.05, 0.1) is 61.1 Å². The molecule has 248 valence electrons. The van der Waals surface area contributed by atoms with Gasteiger partial charge in [-0.1, -0.05) is 91.0 Å². The van der Waals surface area contributed by atoms with Crippen molar-refractivity contribution >= 4 is 81.7 Å². The van der Waals surface area contributed by atoms with Gasteiger partial charge in [0.15, 0.2) is 0 Å².